The number of amides is 2. The van der Waals surface area contributed by atoms with Crippen LogP contribution in [0.3, 0.4) is 0 Å². The van der Waals surface area contributed by atoms with Crippen LogP contribution >= 0.6 is 0 Å². The van der Waals surface area contributed by atoms with E-state index in [1.807, 2.05) is 17.0 Å². The molecule has 9 nitrogen and oxygen atoms in total. The molecule has 3 N–H and O–H groups in total. The summed E-state index contributed by atoms with van der Waals surface area (Å²) in [5, 5.41) is 8.51. The number of carbonyl (C=O) groups excluding carboxylic acids is 2. The van der Waals surface area contributed by atoms with Crippen molar-refractivity contribution >= 4 is 29.3 Å². The predicted octanol–water partition coefficient (Wildman–Crippen LogP) is 1.42. The van der Waals surface area contributed by atoms with Crippen molar-refractivity contribution < 1.29 is 9.59 Å². The minimum Gasteiger partial charge on any atom is -0.359 e. The second-order valence-corrected chi connectivity index (χ2v) is 7.43. The molecule has 2 amide bonds. The number of pyridine rings is 1. The first-order valence-corrected chi connectivity index (χ1v) is 9.87. The van der Waals surface area contributed by atoms with Gasteiger partial charge in [-0.3, -0.25) is 14.6 Å². The van der Waals surface area contributed by atoms with Gasteiger partial charge in [0.2, 0.25) is 11.9 Å². The summed E-state index contributed by atoms with van der Waals surface area (Å²) in [6.07, 6.45) is 6.42. The normalized spacial score (nSPS) is 18.4. The average molecular weight is 395 g/mol. The van der Waals surface area contributed by atoms with E-state index >= 15 is 0 Å². The highest BCUT2D eigenvalue weighted by molar-refractivity contribution is 5.99. The SMILES string of the molecule is CNC(=O)c1cnc(N2CCC(C(=O)NC)C2)nc1Nc1ccc(C2CC2)nc1. The van der Waals surface area contributed by atoms with Gasteiger partial charge >= 0.3 is 0 Å². The zero-order chi connectivity index (χ0) is 20.4. The molecular formula is C20H25N7O2. The Morgan fingerprint density at radius 3 is 2.55 bits per heavy atom. The summed E-state index contributed by atoms with van der Waals surface area (Å²) in [6, 6.07) is 3.96. The van der Waals surface area contributed by atoms with Gasteiger partial charge in [0, 0.05) is 45.0 Å². The van der Waals surface area contributed by atoms with E-state index in [9.17, 15) is 9.59 Å². The zero-order valence-electron chi connectivity index (χ0n) is 16.6. The van der Waals surface area contributed by atoms with Crippen LogP contribution < -0.4 is 20.9 Å². The van der Waals surface area contributed by atoms with Crippen LogP contribution in [-0.2, 0) is 4.79 Å². The maximum atomic E-state index is 12.3. The third-order valence-electron chi connectivity index (χ3n) is 5.38. The number of rotatable bonds is 6. The van der Waals surface area contributed by atoms with E-state index in [-0.39, 0.29) is 17.7 Å². The predicted molar refractivity (Wildman–Crippen MR) is 109 cm³/mol. The topological polar surface area (TPSA) is 112 Å². The van der Waals surface area contributed by atoms with Crippen molar-refractivity contribution in [3.05, 3.63) is 35.8 Å². The monoisotopic (exact) mass is 395 g/mol. The number of aromatic nitrogens is 3. The molecule has 2 aromatic rings. The number of nitrogens with one attached hydrogen (secondary N) is 3. The Morgan fingerprint density at radius 2 is 1.90 bits per heavy atom. The summed E-state index contributed by atoms with van der Waals surface area (Å²) in [4.78, 5) is 39.6. The van der Waals surface area contributed by atoms with Crippen molar-refractivity contribution in [2.45, 2.75) is 25.2 Å². The van der Waals surface area contributed by atoms with Crippen molar-refractivity contribution in [1.29, 1.82) is 0 Å². The van der Waals surface area contributed by atoms with E-state index in [1.165, 1.54) is 19.0 Å². The molecule has 1 saturated carbocycles. The number of anilines is 3. The number of nitrogens with zero attached hydrogens (tertiary/aromatic N) is 4. The highest BCUT2D eigenvalue weighted by atomic mass is 16.2. The molecule has 0 radical (unpaired) electrons. The molecule has 3 heterocycles. The minimum absolute atomic E-state index is 0.0228. The van der Waals surface area contributed by atoms with E-state index < -0.39 is 0 Å². The largest absolute Gasteiger partial charge is 0.359 e. The Labute approximate surface area is 169 Å². The maximum absolute atomic E-state index is 12.3. The van der Waals surface area contributed by atoms with Gasteiger partial charge in [-0.2, -0.15) is 4.98 Å². The van der Waals surface area contributed by atoms with E-state index in [4.69, 9.17) is 0 Å². The second kappa shape index (κ2) is 8.02. The third kappa shape index (κ3) is 4.13. The Hall–Kier alpha value is -3.23. The van der Waals surface area contributed by atoms with Crippen LogP contribution in [0.4, 0.5) is 17.5 Å². The summed E-state index contributed by atoms with van der Waals surface area (Å²) in [5.41, 5.74) is 2.21. The molecule has 1 saturated heterocycles. The lowest BCUT2D eigenvalue weighted by atomic mass is 10.1. The molecule has 9 heteroatoms. The zero-order valence-corrected chi connectivity index (χ0v) is 16.6. The van der Waals surface area contributed by atoms with Crippen molar-refractivity contribution in [3.63, 3.8) is 0 Å². The molecule has 1 atom stereocenters. The number of carbonyl (C=O) groups is 2. The maximum Gasteiger partial charge on any atom is 0.256 e. The fourth-order valence-corrected chi connectivity index (χ4v) is 3.52. The molecule has 2 aliphatic rings. The molecular weight excluding hydrogens is 370 g/mol. The van der Waals surface area contributed by atoms with Gasteiger partial charge in [-0.25, -0.2) is 4.98 Å². The van der Waals surface area contributed by atoms with Gasteiger partial charge in [-0.1, -0.05) is 0 Å². The van der Waals surface area contributed by atoms with Crippen LogP contribution in [0.25, 0.3) is 0 Å². The molecule has 0 bridgehead atoms. The molecule has 4 rings (SSSR count). The van der Waals surface area contributed by atoms with Crippen LogP contribution in [0.1, 0.15) is 41.2 Å². The van der Waals surface area contributed by atoms with Gasteiger partial charge in [-0.15, -0.1) is 0 Å². The van der Waals surface area contributed by atoms with Crippen LogP contribution in [0.2, 0.25) is 0 Å². The van der Waals surface area contributed by atoms with Crippen LogP contribution in [-0.4, -0.2) is 54.0 Å². The second-order valence-electron chi connectivity index (χ2n) is 7.43. The van der Waals surface area contributed by atoms with Crippen LogP contribution in [0.15, 0.2) is 24.5 Å². The fourth-order valence-electron chi connectivity index (χ4n) is 3.52. The van der Waals surface area contributed by atoms with Crippen LogP contribution in [0, 0.1) is 5.92 Å². The highest BCUT2D eigenvalue weighted by Crippen LogP contribution is 2.39. The van der Waals surface area contributed by atoms with E-state index in [0.29, 0.717) is 36.3 Å². The number of hydrogen-bond acceptors (Lipinski definition) is 7. The first-order valence-electron chi connectivity index (χ1n) is 9.87. The van der Waals surface area contributed by atoms with Gasteiger partial charge in [0.25, 0.3) is 5.91 Å². The fraction of sp³-hybridized carbons (Fsp3) is 0.450. The Morgan fingerprint density at radius 1 is 1.07 bits per heavy atom. The van der Waals surface area contributed by atoms with Gasteiger partial charge < -0.3 is 20.9 Å². The molecule has 0 aromatic carbocycles. The van der Waals surface area contributed by atoms with Crippen LogP contribution in [0.5, 0.6) is 0 Å². The van der Waals surface area contributed by atoms with E-state index in [0.717, 1.165) is 17.8 Å². The highest BCUT2D eigenvalue weighted by Gasteiger charge is 2.30. The smallest absolute Gasteiger partial charge is 0.256 e. The van der Waals surface area contributed by atoms with Crippen molar-refractivity contribution in [1.82, 2.24) is 25.6 Å². The summed E-state index contributed by atoms with van der Waals surface area (Å²) in [6.45, 7) is 1.24. The lowest BCUT2D eigenvalue weighted by Crippen LogP contribution is -2.31. The minimum atomic E-state index is -0.272. The molecule has 2 fully saturated rings. The van der Waals surface area contributed by atoms with Gasteiger partial charge in [0.1, 0.15) is 11.4 Å². The summed E-state index contributed by atoms with van der Waals surface area (Å²) in [5.74, 6) is 1.16. The standard InChI is InChI=1S/C20H25N7O2/c1-21-18(28)13-7-8-27(11-13)20-24-10-15(19(29)22-2)17(26-20)25-14-5-6-16(23-9-14)12-3-4-12/h5-6,9-10,12-13H,3-4,7-8,11H2,1-2H3,(H,21,28)(H,22,29)(H,24,25,26). The Balaban J connectivity index is 1.57. The quantitative estimate of drug-likeness (QED) is 0.678. The van der Waals surface area contributed by atoms with Gasteiger partial charge in [0.05, 0.1) is 17.8 Å². The molecule has 152 valence electrons. The molecule has 2 aromatic heterocycles. The summed E-state index contributed by atoms with van der Waals surface area (Å²) in [7, 11) is 3.21. The summed E-state index contributed by atoms with van der Waals surface area (Å²) < 4.78 is 0. The summed E-state index contributed by atoms with van der Waals surface area (Å²) >= 11 is 0. The van der Waals surface area contributed by atoms with Crippen molar-refractivity contribution in [2.75, 3.05) is 37.4 Å². The molecule has 0 spiro atoms. The van der Waals surface area contributed by atoms with E-state index in [1.54, 1.807) is 20.3 Å². The third-order valence-corrected chi connectivity index (χ3v) is 5.38. The molecule has 1 aliphatic heterocycles. The van der Waals surface area contributed by atoms with Gasteiger partial charge in [0.15, 0.2) is 0 Å². The lowest BCUT2D eigenvalue weighted by molar-refractivity contribution is -0.123. The first kappa shape index (κ1) is 19.1. The first-order chi connectivity index (χ1) is 14.1. The van der Waals surface area contributed by atoms with Crippen molar-refractivity contribution in [2.24, 2.45) is 5.92 Å². The van der Waals surface area contributed by atoms with E-state index in [2.05, 4.69) is 30.9 Å². The van der Waals surface area contributed by atoms with Crippen molar-refractivity contribution in [3.8, 4) is 0 Å². The molecule has 29 heavy (non-hydrogen) atoms. The molecule has 1 unspecified atom stereocenters. The number of hydrogen-bond donors (Lipinski definition) is 3. The Bertz CT molecular complexity index is 912. The Kier molecular flexibility index (Phi) is 5.28. The molecule has 1 aliphatic carbocycles. The lowest BCUT2D eigenvalue weighted by Gasteiger charge is -2.18. The van der Waals surface area contributed by atoms with Gasteiger partial charge in [-0.05, 0) is 31.4 Å². The average Bonchev–Trinajstić information content (AvgIpc) is 3.49.